The van der Waals surface area contributed by atoms with Gasteiger partial charge in [-0.3, -0.25) is 4.90 Å². The number of nitrogens with zero attached hydrogens (tertiary/aromatic N) is 5. The van der Waals surface area contributed by atoms with Crippen LogP contribution in [0.1, 0.15) is 0 Å². The summed E-state index contributed by atoms with van der Waals surface area (Å²) in [5.74, 6) is 0. The van der Waals surface area contributed by atoms with Crippen LogP contribution >= 0.6 is 0 Å². The van der Waals surface area contributed by atoms with Crippen molar-refractivity contribution in [1.29, 1.82) is 10.5 Å². The van der Waals surface area contributed by atoms with E-state index in [1.54, 1.807) is 4.90 Å². The molecular weight excluding hydrogens is 277 g/mol. The van der Waals surface area contributed by atoms with Crippen LogP contribution in [0.25, 0.3) is 0 Å². The van der Waals surface area contributed by atoms with E-state index in [9.17, 15) is 13.2 Å². The Balaban J connectivity index is 2.76. The maximum Gasteiger partial charge on any atom is 0.411 e. The highest BCUT2D eigenvalue weighted by Gasteiger charge is 2.37. The van der Waals surface area contributed by atoms with Crippen molar-refractivity contribution in [3.05, 3.63) is 0 Å². The van der Waals surface area contributed by atoms with Gasteiger partial charge in [0, 0.05) is 0 Å². The molecule has 1 rings (SSSR count). The van der Waals surface area contributed by atoms with Gasteiger partial charge >= 0.3 is 6.18 Å². The van der Waals surface area contributed by atoms with Crippen molar-refractivity contribution in [2.75, 3.05) is 39.7 Å². The van der Waals surface area contributed by atoms with E-state index >= 15 is 0 Å². The lowest BCUT2D eigenvalue weighted by Crippen LogP contribution is -2.63. The van der Waals surface area contributed by atoms with Crippen molar-refractivity contribution in [3.63, 3.8) is 0 Å². The fourth-order valence-electron chi connectivity index (χ4n) is 1.88. The molecule has 1 aliphatic rings. The van der Waals surface area contributed by atoms with Crippen LogP contribution in [0.4, 0.5) is 13.2 Å². The number of nitriles is 2. The lowest BCUT2D eigenvalue weighted by Gasteiger charge is -2.45. The summed E-state index contributed by atoms with van der Waals surface area (Å²) in [4.78, 5) is 4.46. The largest absolute Gasteiger partial charge is 0.411 e. The molecule has 0 aromatic rings. The molecule has 112 valence electrons. The van der Waals surface area contributed by atoms with Crippen molar-refractivity contribution in [3.8, 4) is 12.1 Å². The highest BCUT2D eigenvalue weighted by atomic mass is 19.4. The zero-order chi connectivity index (χ0) is 15.2. The van der Waals surface area contributed by atoms with Crippen LogP contribution in [0, 0.1) is 22.7 Å². The smallest absolute Gasteiger partial charge is 0.340 e. The minimum Gasteiger partial charge on any atom is -0.340 e. The zero-order valence-corrected chi connectivity index (χ0v) is 10.7. The summed E-state index contributed by atoms with van der Waals surface area (Å²) in [5, 5.41) is 17.4. The average molecular weight is 292 g/mol. The number of ether oxygens (including phenoxy) is 1. The predicted molar refractivity (Wildman–Crippen MR) is 61.1 cm³/mol. The highest BCUT2D eigenvalue weighted by Crippen LogP contribution is 2.20. The Bertz CT molecular complexity index is 390. The van der Waals surface area contributed by atoms with Gasteiger partial charge in [-0.25, -0.2) is 9.80 Å². The van der Waals surface area contributed by atoms with Crippen molar-refractivity contribution in [1.82, 2.24) is 14.7 Å². The summed E-state index contributed by atoms with van der Waals surface area (Å²) < 4.78 is 41.5. The Morgan fingerprint density at radius 1 is 1.15 bits per heavy atom. The first kappa shape index (κ1) is 16.6. The summed E-state index contributed by atoms with van der Waals surface area (Å²) in [6.07, 6.45) is -5.49. The van der Waals surface area contributed by atoms with Crippen LogP contribution < -0.4 is 5.73 Å². The molecule has 0 aromatic carbocycles. The van der Waals surface area contributed by atoms with Crippen LogP contribution in [0.2, 0.25) is 0 Å². The summed E-state index contributed by atoms with van der Waals surface area (Å²) in [7, 11) is 0. The van der Waals surface area contributed by atoms with Crippen LogP contribution in [0.15, 0.2) is 0 Å². The van der Waals surface area contributed by atoms with Crippen molar-refractivity contribution >= 4 is 0 Å². The molecule has 1 fully saturated rings. The molecule has 1 atom stereocenters. The van der Waals surface area contributed by atoms with Gasteiger partial charge in [0.1, 0.15) is 6.61 Å². The van der Waals surface area contributed by atoms with Crippen LogP contribution in [0.5, 0.6) is 0 Å². The Morgan fingerprint density at radius 3 is 2.25 bits per heavy atom. The van der Waals surface area contributed by atoms with Gasteiger partial charge in [-0.15, -0.1) is 0 Å². The second-order valence-corrected chi connectivity index (χ2v) is 4.20. The van der Waals surface area contributed by atoms with Gasteiger partial charge in [0.2, 0.25) is 0 Å². The molecule has 0 spiro atoms. The number of hydrogen-bond donors (Lipinski definition) is 1. The fourth-order valence-corrected chi connectivity index (χ4v) is 1.88. The molecular formula is C10H15F3N6O. The molecule has 0 aliphatic carbocycles. The minimum absolute atomic E-state index is 0.0492. The van der Waals surface area contributed by atoms with E-state index < -0.39 is 19.1 Å². The molecule has 1 unspecified atom stereocenters. The SMILES string of the molecule is N#CCN1CN(CN)C(OCC(F)(F)F)N(CC#N)C1. The molecule has 10 heteroatoms. The van der Waals surface area contributed by atoms with E-state index in [0.29, 0.717) is 0 Å². The quantitative estimate of drug-likeness (QED) is 0.692. The van der Waals surface area contributed by atoms with E-state index in [1.165, 1.54) is 9.80 Å². The third-order valence-electron chi connectivity index (χ3n) is 2.59. The van der Waals surface area contributed by atoms with Crippen LogP contribution in [-0.2, 0) is 4.74 Å². The maximum atomic E-state index is 12.2. The second kappa shape index (κ2) is 7.38. The maximum absolute atomic E-state index is 12.2. The number of nitrogens with two attached hydrogens (primary N) is 1. The van der Waals surface area contributed by atoms with Gasteiger partial charge in [0.15, 0.2) is 6.35 Å². The first-order chi connectivity index (χ1) is 9.41. The zero-order valence-electron chi connectivity index (χ0n) is 10.7. The minimum atomic E-state index is -4.46. The van der Waals surface area contributed by atoms with Crippen LogP contribution in [0.3, 0.4) is 0 Å². The Kier molecular flexibility index (Phi) is 6.13. The molecule has 0 saturated carbocycles. The monoisotopic (exact) mass is 292 g/mol. The summed E-state index contributed by atoms with van der Waals surface area (Å²) >= 11 is 0. The fraction of sp³-hybridized carbons (Fsp3) is 0.800. The number of halogens is 3. The van der Waals surface area contributed by atoms with E-state index in [1.807, 2.05) is 12.1 Å². The highest BCUT2D eigenvalue weighted by molar-refractivity contribution is 4.85. The number of rotatable bonds is 5. The van der Waals surface area contributed by atoms with Gasteiger partial charge in [-0.2, -0.15) is 23.7 Å². The summed E-state index contributed by atoms with van der Waals surface area (Å²) in [5.41, 5.74) is 5.50. The molecule has 7 nitrogen and oxygen atoms in total. The van der Waals surface area contributed by atoms with Gasteiger partial charge < -0.3 is 10.5 Å². The van der Waals surface area contributed by atoms with Gasteiger partial charge in [-0.05, 0) is 0 Å². The molecule has 1 aliphatic heterocycles. The van der Waals surface area contributed by atoms with E-state index in [2.05, 4.69) is 0 Å². The average Bonchev–Trinajstić information content (AvgIpc) is 2.36. The molecule has 2 N–H and O–H groups in total. The standard InChI is InChI=1S/C10H15F3N6O/c11-10(12,13)5-20-9-18(4-2-15)7-17(3-1-14)8-19(9)6-16/h9H,3-8,16H2. The molecule has 1 heterocycles. The normalized spacial score (nSPS) is 22.4. The Labute approximate surface area is 114 Å². The van der Waals surface area contributed by atoms with Crippen LogP contribution in [-0.4, -0.2) is 66.9 Å². The Hall–Kier alpha value is -1.43. The summed E-state index contributed by atoms with van der Waals surface area (Å²) in [6.45, 7) is -1.14. The second-order valence-electron chi connectivity index (χ2n) is 4.20. The molecule has 0 aromatic heterocycles. The first-order valence-corrected chi connectivity index (χ1v) is 5.74. The number of hydrogen-bond acceptors (Lipinski definition) is 7. The summed E-state index contributed by atoms with van der Waals surface area (Å²) in [6, 6.07) is 3.80. The molecule has 0 bridgehead atoms. The van der Waals surface area contributed by atoms with E-state index in [-0.39, 0.29) is 33.1 Å². The van der Waals surface area contributed by atoms with Crippen molar-refractivity contribution in [2.45, 2.75) is 12.5 Å². The molecule has 20 heavy (non-hydrogen) atoms. The molecule has 1 saturated heterocycles. The van der Waals surface area contributed by atoms with Crippen molar-refractivity contribution < 1.29 is 17.9 Å². The van der Waals surface area contributed by atoms with E-state index in [0.717, 1.165) is 0 Å². The molecule has 0 radical (unpaired) electrons. The third kappa shape index (κ3) is 4.92. The first-order valence-electron chi connectivity index (χ1n) is 5.74. The third-order valence-corrected chi connectivity index (χ3v) is 2.59. The lowest BCUT2D eigenvalue weighted by molar-refractivity contribution is -0.256. The number of alkyl halides is 3. The van der Waals surface area contributed by atoms with E-state index in [4.69, 9.17) is 21.0 Å². The predicted octanol–water partition coefficient (Wildman–Crippen LogP) is -0.353. The Morgan fingerprint density at radius 2 is 1.75 bits per heavy atom. The van der Waals surface area contributed by atoms with Gasteiger partial charge in [0.05, 0.1) is 45.2 Å². The topological polar surface area (TPSA) is 92.6 Å². The van der Waals surface area contributed by atoms with Gasteiger partial charge in [-0.1, -0.05) is 0 Å². The van der Waals surface area contributed by atoms with Gasteiger partial charge in [0.25, 0.3) is 0 Å². The lowest BCUT2D eigenvalue weighted by atomic mass is 10.4. The molecule has 0 amide bonds. The van der Waals surface area contributed by atoms with Crippen molar-refractivity contribution in [2.24, 2.45) is 5.73 Å².